The predicted octanol–water partition coefficient (Wildman–Crippen LogP) is 6.48. The lowest BCUT2D eigenvalue weighted by atomic mass is 9.86. The third kappa shape index (κ3) is 4.66. The fraction of sp³-hybridized carbons (Fsp3) is 0.280. The van der Waals surface area contributed by atoms with Crippen LogP contribution in [0.4, 0.5) is 0 Å². The molecule has 1 aliphatic heterocycles. The molecule has 3 aromatic rings. The summed E-state index contributed by atoms with van der Waals surface area (Å²) in [4.78, 5) is 5.12. The smallest absolute Gasteiger partial charge is 0.0545 e. The van der Waals surface area contributed by atoms with Gasteiger partial charge in [0.2, 0.25) is 0 Å². The average molecular weight is 514 g/mol. The van der Waals surface area contributed by atoms with Crippen molar-refractivity contribution in [1.82, 2.24) is 9.80 Å². The highest BCUT2D eigenvalue weighted by Gasteiger charge is 2.39. The van der Waals surface area contributed by atoms with Crippen LogP contribution in [0.5, 0.6) is 0 Å². The number of hydrogen-bond donors (Lipinski definition) is 0. The Balaban J connectivity index is 1.71. The normalized spacial score (nSPS) is 23.2. The van der Waals surface area contributed by atoms with Gasteiger partial charge in [0, 0.05) is 21.5 Å². The third-order valence-electron chi connectivity index (χ3n) is 6.02. The summed E-state index contributed by atoms with van der Waals surface area (Å²) >= 11 is 7.17. The maximum atomic E-state index is 3.59. The Morgan fingerprint density at radius 1 is 0.724 bits per heavy atom. The second-order valence-electron chi connectivity index (χ2n) is 7.94. The van der Waals surface area contributed by atoms with Crippen LogP contribution in [-0.4, -0.2) is 36.5 Å². The molecule has 0 bridgehead atoms. The van der Waals surface area contributed by atoms with Gasteiger partial charge in [-0.15, -0.1) is 0 Å². The minimum Gasteiger partial charge on any atom is -0.296 e. The standard InChI is InChI=1S/C25H26Br2N2/c1-28-17-23(16-18-6-4-3-5-7-18)29(2)25(20-10-14-22(27)15-11-20)24(28)19-8-12-21(26)13-9-19/h3-15,23-25H,16-17H2,1-2H3. The zero-order valence-corrected chi connectivity index (χ0v) is 20.0. The molecule has 0 amide bonds. The van der Waals surface area contributed by atoms with Gasteiger partial charge in [-0.05, 0) is 61.5 Å². The molecule has 2 nitrogen and oxygen atoms in total. The van der Waals surface area contributed by atoms with Gasteiger partial charge in [-0.3, -0.25) is 9.80 Å². The number of halogens is 2. The van der Waals surface area contributed by atoms with Crippen LogP contribution in [0.1, 0.15) is 28.8 Å². The SMILES string of the molecule is CN1CC(Cc2ccccc2)N(C)C(c2ccc(Br)cc2)C1c1ccc(Br)cc1. The van der Waals surface area contributed by atoms with E-state index in [0.717, 1.165) is 21.9 Å². The molecule has 1 heterocycles. The Kier molecular flexibility index (Phi) is 6.55. The van der Waals surface area contributed by atoms with Gasteiger partial charge in [0.15, 0.2) is 0 Å². The molecule has 1 saturated heterocycles. The number of rotatable bonds is 4. The Hall–Kier alpha value is -1.46. The van der Waals surface area contributed by atoms with Gasteiger partial charge in [0.1, 0.15) is 0 Å². The number of likely N-dealkylation sites (N-methyl/N-ethyl adjacent to an activating group) is 2. The molecule has 29 heavy (non-hydrogen) atoms. The van der Waals surface area contributed by atoms with Gasteiger partial charge >= 0.3 is 0 Å². The quantitative estimate of drug-likeness (QED) is 0.393. The summed E-state index contributed by atoms with van der Waals surface area (Å²) in [6.07, 6.45) is 1.06. The largest absolute Gasteiger partial charge is 0.296 e. The van der Waals surface area contributed by atoms with Crippen molar-refractivity contribution in [2.45, 2.75) is 24.5 Å². The highest BCUT2D eigenvalue weighted by molar-refractivity contribution is 9.10. The fourth-order valence-corrected chi connectivity index (χ4v) is 5.06. The van der Waals surface area contributed by atoms with E-state index in [0.29, 0.717) is 12.1 Å². The molecule has 0 aromatic heterocycles. The lowest BCUT2D eigenvalue weighted by Gasteiger charge is -2.50. The Morgan fingerprint density at radius 2 is 1.24 bits per heavy atom. The van der Waals surface area contributed by atoms with E-state index < -0.39 is 0 Å². The molecule has 4 heteroatoms. The summed E-state index contributed by atoms with van der Waals surface area (Å²) in [6, 6.07) is 29.5. The van der Waals surface area contributed by atoms with Crippen LogP contribution in [0, 0.1) is 0 Å². The van der Waals surface area contributed by atoms with E-state index >= 15 is 0 Å². The van der Waals surface area contributed by atoms with E-state index in [1.807, 2.05) is 0 Å². The van der Waals surface area contributed by atoms with Crippen molar-refractivity contribution < 1.29 is 0 Å². The van der Waals surface area contributed by atoms with Crippen LogP contribution in [0.2, 0.25) is 0 Å². The van der Waals surface area contributed by atoms with E-state index in [9.17, 15) is 0 Å². The first-order chi connectivity index (χ1) is 14.0. The molecule has 0 spiro atoms. The molecule has 3 unspecified atom stereocenters. The molecule has 3 aromatic carbocycles. The molecule has 150 valence electrons. The van der Waals surface area contributed by atoms with Crippen molar-refractivity contribution in [2.24, 2.45) is 0 Å². The molecule has 0 radical (unpaired) electrons. The van der Waals surface area contributed by atoms with Crippen molar-refractivity contribution in [3.05, 3.63) is 104 Å². The molecule has 0 aliphatic carbocycles. The van der Waals surface area contributed by atoms with E-state index in [-0.39, 0.29) is 6.04 Å². The summed E-state index contributed by atoms with van der Waals surface area (Å²) in [7, 11) is 4.56. The molecular formula is C25H26Br2N2. The highest BCUT2D eigenvalue weighted by atomic mass is 79.9. The Morgan fingerprint density at radius 3 is 1.79 bits per heavy atom. The first-order valence-electron chi connectivity index (χ1n) is 10.00. The van der Waals surface area contributed by atoms with Crippen LogP contribution in [-0.2, 0) is 6.42 Å². The van der Waals surface area contributed by atoms with Crippen molar-refractivity contribution in [1.29, 1.82) is 0 Å². The second-order valence-corrected chi connectivity index (χ2v) is 9.77. The first-order valence-corrected chi connectivity index (χ1v) is 11.6. The summed E-state index contributed by atoms with van der Waals surface area (Å²) < 4.78 is 2.24. The molecular weight excluding hydrogens is 488 g/mol. The van der Waals surface area contributed by atoms with Crippen LogP contribution in [0.25, 0.3) is 0 Å². The molecule has 0 N–H and O–H groups in total. The average Bonchev–Trinajstić information content (AvgIpc) is 2.73. The van der Waals surface area contributed by atoms with Gasteiger partial charge in [-0.2, -0.15) is 0 Å². The van der Waals surface area contributed by atoms with Gasteiger partial charge in [0.05, 0.1) is 12.1 Å². The summed E-state index contributed by atoms with van der Waals surface area (Å²) in [5.74, 6) is 0. The Labute approximate surface area is 190 Å². The predicted molar refractivity (Wildman–Crippen MR) is 128 cm³/mol. The lowest BCUT2D eigenvalue weighted by Crippen LogP contribution is -2.54. The van der Waals surface area contributed by atoms with Gasteiger partial charge in [-0.25, -0.2) is 0 Å². The lowest BCUT2D eigenvalue weighted by molar-refractivity contribution is 0.00510. The monoisotopic (exact) mass is 512 g/mol. The zero-order valence-electron chi connectivity index (χ0n) is 16.8. The zero-order chi connectivity index (χ0) is 20.4. The number of hydrogen-bond acceptors (Lipinski definition) is 2. The van der Waals surface area contributed by atoms with E-state index in [1.165, 1.54) is 16.7 Å². The number of benzene rings is 3. The number of nitrogens with zero attached hydrogens (tertiary/aromatic N) is 2. The van der Waals surface area contributed by atoms with Crippen LogP contribution >= 0.6 is 31.9 Å². The molecule has 1 aliphatic rings. The van der Waals surface area contributed by atoms with Crippen molar-refractivity contribution in [2.75, 3.05) is 20.6 Å². The summed E-state index contributed by atoms with van der Waals surface area (Å²) in [5.41, 5.74) is 4.11. The second kappa shape index (κ2) is 9.13. The minimum absolute atomic E-state index is 0.289. The van der Waals surface area contributed by atoms with E-state index in [2.05, 4.69) is 135 Å². The molecule has 0 saturated carbocycles. The fourth-order valence-electron chi connectivity index (χ4n) is 4.53. The third-order valence-corrected chi connectivity index (χ3v) is 7.08. The van der Waals surface area contributed by atoms with Crippen LogP contribution in [0.15, 0.2) is 87.8 Å². The highest BCUT2D eigenvalue weighted by Crippen LogP contribution is 2.42. The first kappa shape index (κ1) is 20.8. The number of piperazine rings is 1. The van der Waals surface area contributed by atoms with Crippen molar-refractivity contribution >= 4 is 31.9 Å². The maximum absolute atomic E-state index is 3.59. The van der Waals surface area contributed by atoms with Gasteiger partial charge < -0.3 is 0 Å². The van der Waals surface area contributed by atoms with Gasteiger partial charge in [-0.1, -0.05) is 86.5 Å². The van der Waals surface area contributed by atoms with Gasteiger partial charge in [0.25, 0.3) is 0 Å². The van der Waals surface area contributed by atoms with Crippen LogP contribution < -0.4 is 0 Å². The topological polar surface area (TPSA) is 6.48 Å². The van der Waals surface area contributed by atoms with Crippen molar-refractivity contribution in [3.8, 4) is 0 Å². The van der Waals surface area contributed by atoms with E-state index in [4.69, 9.17) is 0 Å². The minimum atomic E-state index is 0.289. The summed E-state index contributed by atoms with van der Waals surface area (Å²) in [6.45, 7) is 1.04. The summed E-state index contributed by atoms with van der Waals surface area (Å²) in [5, 5.41) is 0. The molecule has 4 rings (SSSR count). The van der Waals surface area contributed by atoms with Crippen molar-refractivity contribution in [3.63, 3.8) is 0 Å². The van der Waals surface area contributed by atoms with E-state index in [1.54, 1.807) is 0 Å². The molecule has 1 fully saturated rings. The maximum Gasteiger partial charge on any atom is 0.0545 e. The molecule has 3 atom stereocenters. The van der Waals surface area contributed by atoms with Crippen LogP contribution in [0.3, 0.4) is 0 Å². The Bertz CT molecular complexity index is 925.